The monoisotopic (exact) mass is 258 g/mol. The van der Waals surface area contributed by atoms with Gasteiger partial charge in [0.05, 0.1) is 18.2 Å². The summed E-state index contributed by atoms with van der Waals surface area (Å²) in [6.07, 6.45) is 1.72. The Morgan fingerprint density at radius 1 is 1.37 bits per heavy atom. The predicted molar refractivity (Wildman–Crippen MR) is 74.9 cm³/mol. The summed E-state index contributed by atoms with van der Waals surface area (Å²) in [6.45, 7) is 3.87. The summed E-state index contributed by atoms with van der Waals surface area (Å²) >= 11 is 0. The van der Waals surface area contributed by atoms with Crippen molar-refractivity contribution in [3.8, 4) is 0 Å². The van der Waals surface area contributed by atoms with Gasteiger partial charge in [-0.05, 0) is 30.2 Å². The highest BCUT2D eigenvalue weighted by Crippen LogP contribution is 2.13. The molecule has 0 fully saturated rings. The van der Waals surface area contributed by atoms with E-state index in [0.717, 1.165) is 10.9 Å². The molecule has 0 spiro atoms. The van der Waals surface area contributed by atoms with Crippen molar-refractivity contribution in [3.63, 3.8) is 0 Å². The van der Waals surface area contributed by atoms with Gasteiger partial charge in [0.2, 0.25) is 0 Å². The van der Waals surface area contributed by atoms with E-state index in [1.165, 1.54) is 0 Å². The van der Waals surface area contributed by atoms with Gasteiger partial charge in [-0.3, -0.25) is 9.78 Å². The zero-order valence-corrected chi connectivity index (χ0v) is 11.1. The van der Waals surface area contributed by atoms with Gasteiger partial charge in [-0.1, -0.05) is 19.9 Å². The highest BCUT2D eigenvalue weighted by atomic mass is 16.3. The molecule has 100 valence electrons. The maximum absolute atomic E-state index is 12.1. The van der Waals surface area contributed by atoms with Crippen LogP contribution in [0.2, 0.25) is 0 Å². The summed E-state index contributed by atoms with van der Waals surface area (Å²) in [5.41, 5.74) is 1.45. The second-order valence-corrected chi connectivity index (χ2v) is 4.92. The van der Waals surface area contributed by atoms with Crippen molar-refractivity contribution in [1.29, 1.82) is 0 Å². The van der Waals surface area contributed by atoms with Crippen LogP contribution < -0.4 is 5.32 Å². The Labute approximate surface area is 112 Å². The van der Waals surface area contributed by atoms with Crippen LogP contribution in [-0.2, 0) is 0 Å². The molecule has 1 amide bonds. The minimum Gasteiger partial charge on any atom is -0.394 e. The number of amides is 1. The number of carbonyl (C=O) groups excluding carboxylic acids is 1. The zero-order chi connectivity index (χ0) is 13.8. The third kappa shape index (κ3) is 3.09. The molecule has 0 radical (unpaired) electrons. The van der Waals surface area contributed by atoms with E-state index in [2.05, 4.69) is 10.3 Å². The molecule has 0 aliphatic heterocycles. The third-order valence-corrected chi connectivity index (χ3v) is 3.18. The molecule has 0 saturated carbocycles. The van der Waals surface area contributed by atoms with Crippen molar-refractivity contribution in [2.24, 2.45) is 5.92 Å². The molecule has 2 aromatic rings. The van der Waals surface area contributed by atoms with Gasteiger partial charge >= 0.3 is 0 Å². The average Bonchev–Trinajstić information content (AvgIpc) is 2.43. The van der Waals surface area contributed by atoms with Crippen molar-refractivity contribution in [1.82, 2.24) is 10.3 Å². The van der Waals surface area contributed by atoms with E-state index in [9.17, 15) is 9.90 Å². The van der Waals surface area contributed by atoms with E-state index in [1.54, 1.807) is 12.3 Å². The van der Waals surface area contributed by atoms with Gasteiger partial charge in [0.15, 0.2) is 0 Å². The number of aliphatic hydroxyl groups excluding tert-OH is 1. The van der Waals surface area contributed by atoms with Gasteiger partial charge in [-0.2, -0.15) is 0 Å². The number of nitrogens with one attached hydrogen (secondary N) is 1. The van der Waals surface area contributed by atoms with Crippen LogP contribution >= 0.6 is 0 Å². The predicted octanol–water partition coefficient (Wildman–Crippen LogP) is 1.98. The normalized spacial score (nSPS) is 12.6. The van der Waals surface area contributed by atoms with Crippen molar-refractivity contribution in [2.75, 3.05) is 6.61 Å². The molecule has 2 N–H and O–H groups in total. The topological polar surface area (TPSA) is 62.2 Å². The van der Waals surface area contributed by atoms with E-state index in [1.807, 2.05) is 38.1 Å². The molecule has 0 aliphatic rings. The zero-order valence-electron chi connectivity index (χ0n) is 11.1. The number of carbonyl (C=O) groups is 1. The number of aliphatic hydroxyl groups is 1. The fraction of sp³-hybridized carbons (Fsp3) is 0.333. The Morgan fingerprint density at radius 2 is 2.16 bits per heavy atom. The standard InChI is InChI=1S/C15H18N2O2/c1-10(2)14(9-18)17-15(19)12-5-6-13-11(8-12)4-3-7-16-13/h3-8,10,14,18H,9H2,1-2H3,(H,17,19)/t14-/m1/s1. The highest BCUT2D eigenvalue weighted by Gasteiger charge is 2.16. The summed E-state index contributed by atoms with van der Waals surface area (Å²) in [7, 11) is 0. The Kier molecular flexibility index (Phi) is 4.12. The first-order valence-corrected chi connectivity index (χ1v) is 6.38. The lowest BCUT2D eigenvalue weighted by molar-refractivity contribution is 0.0897. The summed E-state index contributed by atoms with van der Waals surface area (Å²) in [5.74, 6) is 0.0228. The van der Waals surface area contributed by atoms with E-state index in [0.29, 0.717) is 5.56 Å². The lowest BCUT2D eigenvalue weighted by atomic mass is 10.0. The fourth-order valence-corrected chi connectivity index (χ4v) is 1.89. The number of hydrogen-bond acceptors (Lipinski definition) is 3. The number of hydrogen-bond donors (Lipinski definition) is 2. The van der Waals surface area contributed by atoms with Crippen molar-refractivity contribution in [3.05, 3.63) is 42.1 Å². The van der Waals surface area contributed by atoms with Crippen LogP contribution in [-0.4, -0.2) is 28.6 Å². The van der Waals surface area contributed by atoms with Crippen LogP contribution in [0.15, 0.2) is 36.5 Å². The molecule has 1 aromatic heterocycles. The lowest BCUT2D eigenvalue weighted by Gasteiger charge is -2.19. The Morgan fingerprint density at radius 3 is 2.84 bits per heavy atom. The number of aromatic nitrogens is 1. The number of benzene rings is 1. The maximum atomic E-state index is 12.1. The molecular formula is C15H18N2O2. The second-order valence-electron chi connectivity index (χ2n) is 4.92. The summed E-state index contributed by atoms with van der Waals surface area (Å²) < 4.78 is 0. The van der Waals surface area contributed by atoms with E-state index >= 15 is 0 Å². The van der Waals surface area contributed by atoms with Gasteiger partial charge in [-0.25, -0.2) is 0 Å². The van der Waals surface area contributed by atoms with Crippen LogP contribution in [0.3, 0.4) is 0 Å². The van der Waals surface area contributed by atoms with Crippen LogP contribution in [0.25, 0.3) is 10.9 Å². The molecule has 4 heteroatoms. The van der Waals surface area contributed by atoms with Gasteiger partial charge < -0.3 is 10.4 Å². The minimum absolute atomic E-state index is 0.0570. The second kappa shape index (κ2) is 5.80. The smallest absolute Gasteiger partial charge is 0.251 e. The van der Waals surface area contributed by atoms with E-state index in [4.69, 9.17) is 0 Å². The minimum atomic E-state index is -0.225. The van der Waals surface area contributed by atoms with Crippen molar-refractivity contribution >= 4 is 16.8 Å². The molecule has 1 heterocycles. The van der Waals surface area contributed by atoms with E-state index < -0.39 is 0 Å². The summed E-state index contributed by atoms with van der Waals surface area (Å²) in [4.78, 5) is 16.3. The van der Waals surface area contributed by atoms with E-state index in [-0.39, 0.29) is 24.5 Å². The number of fused-ring (bicyclic) bond motifs is 1. The number of nitrogens with zero attached hydrogens (tertiary/aromatic N) is 1. The van der Waals surface area contributed by atoms with Crippen LogP contribution in [0.4, 0.5) is 0 Å². The molecular weight excluding hydrogens is 240 g/mol. The first kappa shape index (κ1) is 13.5. The molecule has 0 unspecified atom stereocenters. The molecule has 2 rings (SSSR count). The Hall–Kier alpha value is -1.94. The van der Waals surface area contributed by atoms with Gasteiger partial charge in [0.1, 0.15) is 0 Å². The quantitative estimate of drug-likeness (QED) is 0.881. The molecule has 1 atom stereocenters. The molecule has 0 saturated heterocycles. The van der Waals surface area contributed by atoms with Gasteiger partial charge in [0, 0.05) is 17.1 Å². The van der Waals surface area contributed by atoms with Crippen molar-refractivity contribution < 1.29 is 9.90 Å². The van der Waals surface area contributed by atoms with Gasteiger partial charge in [-0.15, -0.1) is 0 Å². The lowest BCUT2D eigenvalue weighted by Crippen LogP contribution is -2.41. The first-order valence-electron chi connectivity index (χ1n) is 6.38. The third-order valence-electron chi connectivity index (χ3n) is 3.18. The summed E-state index contributed by atoms with van der Waals surface area (Å²) in [5, 5.41) is 13.0. The highest BCUT2D eigenvalue weighted by molar-refractivity contribution is 5.98. The SMILES string of the molecule is CC(C)[C@@H](CO)NC(=O)c1ccc2ncccc2c1. The molecule has 1 aromatic carbocycles. The molecule has 0 aliphatic carbocycles. The molecule has 19 heavy (non-hydrogen) atoms. The number of pyridine rings is 1. The van der Waals surface area contributed by atoms with Crippen LogP contribution in [0.1, 0.15) is 24.2 Å². The summed E-state index contributed by atoms with van der Waals surface area (Å²) in [6, 6.07) is 8.93. The molecule has 4 nitrogen and oxygen atoms in total. The van der Waals surface area contributed by atoms with Crippen LogP contribution in [0, 0.1) is 5.92 Å². The fourth-order valence-electron chi connectivity index (χ4n) is 1.89. The van der Waals surface area contributed by atoms with Crippen LogP contribution in [0.5, 0.6) is 0 Å². The first-order chi connectivity index (χ1) is 9.11. The largest absolute Gasteiger partial charge is 0.394 e. The maximum Gasteiger partial charge on any atom is 0.251 e. The number of rotatable bonds is 4. The van der Waals surface area contributed by atoms with Crippen molar-refractivity contribution in [2.45, 2.75) is 19.9 Å². The van der Waals surface area contributed by atoms with Gasteiger partial charge in [0.25, 0.3) is 5.91 Å². The molecule has 0 bridgehead atoms. The Bertz CT molecular complexity index is 581. The Balaban J connectivity index is 2.21. The average molecular weight is 258 g/mol.